The van der Waals surface area contributed by atoms with E-state index in [-0.39, 0.29) is 31.3 Å². The number of nitrogens with one attached hydrogen (secondary N) is 2. The second kappa shape index (κ2) is 11.4. The highest BCUT2D eigenvalue weighted by Gasteiger charge is 2.34. The van der Waals surface area contributed by atoms with Gasteiger partial charge in [0, 0.05) is 57.4 Å². The van der Waals surface area contributed by atoms with Gasteiger partial charge in [-0.25, -0.2) is 13.2 Å². The number of nitrogens with zero attached hydrogens (tertiary/aromatic N) is 3. The minimum absolute atomic E-state index is 0. The molecule has 184 valence electrons. The predicted octanol–water partition coefficient (Wildman–Crippen LogP) is 2.05. The van der Waals surface area contributed by atoms with Gasteiger partial charge in [-0.3, -0.25) is 9.78 Å². The zero-order chi connectivity index (χ0) is 23.3. The van der Waals surface area contributed by atoms with Gasteiger partial charge in [-0.1, -0.05) is 13.5 Å². The van der Waals surface area contributed by atoms with Gasteiger partial charge in [0.2, 0.25) is 10.0 Å². The van der Waals surface area contributed by atoms with E-state index >= 15 is 0 Å². The maximum absolute atomic E-state index is 13.0. The van der Waals surface area contributed by atoms with E-state index < -0.39 is 22.2 Å². The second-order valence-electron chi connectivity index (χ2n) is 7.92. The molecule has 2 N–H and O–H groups in total. The van der Waals surface area contributed by atoms with Crippen LogP contribution < -0.4 is 10.6 Å². The van der Waals surface area contributed by atoms with Gasteiger partial charge in [-0.15, -0.1) is 0 Å². The molecule has 2 saturated heterocycles. The first-order valence-electron chi connectivity index (χ1n) is 10.9. The van der Waals surface area contributed by atoms with E-state index in [2.05, 4.69) is 15.6 Å². The Balaban J connectivity index is 0.00000324. The summed E-state index contributed by atoms with van der Waals surface area (Å²) in [4.78, 5) is 30.4. The van der Waals surface area contributed by atoms with Gasteiger partial charge < -0.3 is 20.3 Å². The summed E-state index contributed by atoms with van der Waals surface area (Å²) in [6.45, 7) is 2.08. The third kappa shape index (κ3) is 6.10. The van der Waals surface area contributed by atoms with Crippen LogP contribution in [0.25, 0.3) is 0 Å². The first-order chi connectivity index (χ1) is 15.9. The predicted molar refractivity (Wildman–Crippen MR) is 128 cm³/mol. The molecular weight excluding hydrogens is 458 g/mol. The number of benzene rings is 1. The smallest absolute Gasteiger partial charge is 0.319 e. The molecule has 0 spiro atoms. The minimum Gasteiger partial charge on any atom is -0.368 e. The lowest BCUT2D eigenvalue weighted by molar-refractivity contribution is -0.142. The maximum Gasteiger partial charge on any atom is 0.319 e. The Morgan fingerprint density at radius 1 is 1.09 bits per heavy atom. The van der Waals surface area contributed by atoms with Crippen molar-refractivity contribution in [1.29, 1.82) is 0 Å². The molecule has 2 aromatic rings. The van der Waals surface area contributed by atoms with E-state index in [1.54, 1.807) is 35.5 Å². The molecule has 2 aliphatic rings. The van der Waals surface area contributed by atoms with E-state index in [0.717, 1.165) is 18.4 Å². The topological polar surface area (TPSA) is 121 Å². The molecule has 1 aromatic carbocycles. The van der Waals surface area contributed by atoms with Gasteiger partial charge in [-0.05, 0) is 48.7 Å². The average Bonchev–Trinajstić information content (AvgIpc) is 3.38. The van der Waals surface area contributed by atoms with Crippen molar-refractivity contribution in [3.8, 4) is 0 Å². The second-order valence-corrected chi connectivity index (χ2v) is 9.86. The molecule has 2 aliphatic heterocycles. The fourth-order valence-electron chi connectivity index (χ4n) is 3.84. The lowest BCUT2D eigenvalue weighted by atomic mass is 10.2. The highest BCUT2D eigenvalue weighted by atomic mass is 32.2. The molecule has 0 aliphatic carbocycles. The quantitative estimate of drug-likeness (QED) is 0.641. The lowest BCUT2D eigenvalue weighted by Gasteiger charge is -2.35. The molecular formula is C23H31N5O5S. The Morgan fingerprint density at radius 2 is 1.82 bits per heavy atom. The number of sulfonamides is 1. The van der Waals surface area contributed by atoms with Crippen LogP contribution in [0.4, 0.5) is 10.5 Å². The molecule has 0 radical (unpaired) electrons. The summed E-state index contributed by atoms with van der Waals surface area (Å²) >= 11 is 0. The molecule has 3 heterocycles. The molecule has 2 fully saturated rings. The lowest BCUT2D eigenvalue weighted by Crippen LogP contribution is -2.52. The van der Waals surface area contributed by atoms with Crippen molar-refractivity contribution in [3.05, 3.63) is 54.4 Å². The Morgan fingerprint density at radius 3 is 2.44 bits per heavy atom. The van der Waals surface area contributed by atoms with Crippen molar-refractivity contribution in [2.75, 3.05) is 38.1 Å². The standard InChI is InChI=1S/C22H27N5O5S.CH4/c28-21(20-4-2-14-32-20)26-10-12-27(13-11-26)33(30,31)19-7-5-18(6-8-19)25-22(29)24-16-17-3-1-9-23-15-17;/h1,3,5-9,15,20H,2,4,10-14,16H2,(H2,24,25,29);1H4/t20-;/m1./s1. The largest absolute Gasteiger partial charge is 0.368 e. The van der Waals surface area contributed by atoms with Gasteiger partial charge in [0.1, 0.15) is 6.10 Å². The summed E-state index contributed by atoms with van der Waals surface area (Å²) in [5.41, 5.74) is 1.34. The molecule has 10 nitrogen and oxygen atoms in total. The van der Waals surface area contributed by atoms with Gasteiger partial charge in [-0.2, -0.15) is 4.31 Å². The zero-order valence-corrected chi connectivity index (χ0v) is 19.0. The molecule has 0 unspecified atom stereocenters. The van der Waals surface area contributed by atoms with Crippen molar-refractivity contribution >= 4 is 27.6 Å². The molecule has 0 saturated carbocycles. The van der Waals surface area contributed by atoms with E-state index in [1.165, 1.54) is 16.4 Å². The summed E-state index contributed by atoms with van der Waals surface area (Å²) in [5, 5.41) is 5.40. The van der Waals surface area contributed by atoms with Crippen molar-refractivity contribution in [3.63, 3.8) is 0 Å². The normalized spacial score (nSPS) is 18.7. The van der Waals surface area contributed by atoms with Crippen LogP contribution in [0.2, 0.25) is 0 Å². The third-order valence-corrected chi connectivity index (χ3v) is 7.59. The monoisotopic (exact) mass is 489 g/mol. The fourth-order valence-corrected chi connectivity index (χ4v) is 5.27. The first kappa shape index (κ1) is 25.6. The van der Waals surface area contributed by atoms with Crippen LogP contribution in [0.1, 0.15) is 25.8 Å². The Bertz CT molecular complexity index is 1060. The molecule has 0 bridgehead atoms. The third-order valence-electron chi connectivity index (χ3n) is 5.68. The number of hydrogen-bond acceptors (Lipinski definition) is 6. The molecule has 1 atom stereocenters. The fraction of sp³-hybridized carbons (Fsp3) is 0.435. The van der Waals surface area contributed by atoms with Crippen molar-refractivity contribution in [2.24, 2.45) is 0 Å². The Labute approximate surface area is 200 Å². The van der Waals surface area contributed by atoms with Crippen LogP contribution in [0.3, 0.4) is 0 Å². The average molecular weight is 490 g/mol. The Kier molecular flexibility index (Phi) is 8.59. The number of carbonyl (C=O) groups excluding carboxylic acids is 2. The van der Waals surface area contributed by atoms with Crippen LogP contribution in [0, 0.1) is 0 Å². The maximum atomic E-state index is 13.0. The number of rotatable bonds is 6. The summed E-state index contributed by atoms with van der Waals surface area (Å²) in [5.74, 6) is -0.0539. The molecule has 3 amide bonds. The summed E-state index contributed by atoms with van der Waals surface area (Å²) < 4.78 is 32.8. The van der Waals surface area contributed by atoms with Gasteiger partial charge in [0.25, 0.3) is 5.91 Å². The zero-order valence-electron chi connectivity index (χ0n) is 18.1. The molecule has 1 aromatic heterocycles. The van der Waals surface area contributed by atoms with Gasteiger partial charge in [0.05, 0.1) is 4.90 Å². The SMILES string of the molecule is C.O=C(NCc1cccnc1)Nc1ccc(S(=O)(=O)N2CCN(C(=O)[C@H]3CCCO3)CC2)cc1. The minimum atomic E-state index is -3.69. The summed E-state index contributed by atoms with van der Waals surface area (Å²) in [6, 6.07) is 9.27. The number of hydrogen-bond donors (Lipinski definition) is 2. The van der Waals surface area contributed by atoms with E-state index in [1.807, 2.05) is 6.07 Å². The van der Waals surface area contributed by atoms with Crippen LogP contribution in [-0.4, -0.2) is 73.4 Å². The number of anilines is 1. The van der Waals surface area contributed by atoms with Crippen LogP contribution >= 0.6 is 0 Å². The van der Waals surface area contributed by atoms with Crippen LogP contribution in [0.5, 0.6) is 0 Å². The van der Waals surface area contributed by atoms with E-state index in [9.17, 15) is 18.0 Å². The highest BCUT2D eigenvalue weighted by molar-refractivity contribution is 7.89. The van der Waals surface area contributed by atoms with E-state index in [0.29, 0.717) is 31.9 Å². The number of piperazine rings is 1. The van der Waals surface area contributed by atoms with Crippen LogP contribution in [0.15, 0.2) is 53.7 Å². The highest BCUT2D eigenvalue weighted by Crippen LogP contribution is 2.21. The number of ether oxygens (including phenoxy) is 1. The number of urea groups is 1. The number of carbonyl (C=O) groups is 2. The number of pyridine rings is 1. The number of amides is 3. The van der Waals surface area contributed by atoms with Gasteiger partial charge >= 0.3 is 6.03 Å². The Hall–Kier alpha value is -3.02. The van der Waals surface area contributed by atoms with Gasteiger partial charge in [0.15, 0.2) is 0 Å². The van der Waals surface area contributed by atoms with Crippen LogP contribution in [-0.2, 0) is 26.1 Å². The van der Waals surface area contributed by atoms with Crippen molar-refractivity contribution < 1.29 is 22.7 Å². The molecule has 4 rings (SSSR count). The first-order valence-corrected chi connectivity index (χ1v) is 12.3. The summed E-state index contributed by atoms with van der Waals surface area (Å²) in [7, 11) is -3.69. The van der Waals surface area contributed by atoms with E-state index in [4.69, 9.17) is 4.74 Å². The van der Waals surface area contributed by atoms with Crippen molar-refractivity contribution in [2.45, 2.75) is 37.8 Å². The molecule has 11 heteroatoms. The number of aromatic nitrogens is 1. The summed E-state index contributed by atoms with van der Waals surface area (Å²) in [6.07, 6.45) is 4.53. The molecule has 34 heavy (non-hydrogen) atoms. The van der Waals surface area contributed by atoms with Crippen molar-refractivity contribution in [1.82, 2.24) is 19.5 Å².